The highest BCUT2D eigenvalue weighted by atomic mass is 16.3. The molecule has 9 rings (SSSR count). The van der Waals surface area contributed by atoms with Crippen LogP contribution in [-0.2, 0) is 0 Å². The molecule has 3 heterocycles. The van der Waals surface area contributed by atoms with Crippen LogP contribution in [0.1, 0.15) is 0 Å². The van der Waals surface area contributed by atoms with Gasteiger partial charge < -0.3 is 4.42 Å². The standard InChI is InChI=1S/C42H26N4O/c1-3-10-27(11-4-1)28-18-20-29(21-19-28)30-22-24-32(25-23-30)41-44-40(31-12-5-2-6-13-31)45-42(46-41)35-16-9-17-36-37(35)38-39(47-36)34-15-8-7-14-33(34)26-43-38/h1-26H. The third kappa shape index (κ3) is 4.82. The average Bonchev–Trinajstić information content (AvgIpc) is 3.55. The minimum absolute atomic E-state index is 0.567. The number of pyridine rings is 1. The molecule has 0 saturated heterocycles. The second-order valence-corrected chi connectivity index (χ2v) is 11.5. The Labute approximate surface area is 270 Å². The fraction of sp³-hybridized carbons (Fsp3) is 0. The molecule has 0 aliphatic carbocycles. The van der Waals surface area contributed by atoms with E-state index in [0.29, 0.717) is 17.5 Å². The van der Waals surface area contributed by atoms with Gasteiger partial charge in [-0.05, 0) is 28.3 Å². The smallest absolute Gasteiger partial charge is 0.164 e. The summed E-state index contributed by atoms with van der Waals surface area (Å²) in [6.07, 6.45) is 1.90. The lowest BCUT2D eigenvalue weighted by Gasteiger charge is -2.10. The quantitative estimate of drug-likeness (QED) is 0.196. The highest BCUT2D eigenvalue weighted by Crippen LogP contribution is 2.38. The summed E-state index contributed by atoms with van der Waals surface area (Å²) < 4.78 is 6.41. The van der Waals surface area contributed by atoms with E-state index in [9.17, 15) is 0 Å². The molecular formula is C42H26N4O. The summed E-state index contributed by atoms with van der Waals surface area (Å²) in [6, 6.07) is 51.6. The van der Waals surface area contributed by atoms with E-state index in [1.807, 2.05) is 79.0 Å². The zero-order valence-corrected chi connectivity index (χ0v) is 25.2. The first kappa shape index (κ1) is 26.9. The third-order valence-electron chi connectivity index (χ3n) is 8.61. The summed E-state index contributed by atoms with van der Waals surface area (Å²) >= 11 is 0. The van der Waals surface area contributed by atoms with Crippen LogP contribution in [0.3, 0.4) is 0 Å². The van der Waals surface area contributed by atoms with Crippen molar-refractivity contribution in [2.45, 2.75) is 0 Å². The van der Waals surface area contributed by atoms with Crippen molar-refractivity contribution in [3.8, 4) is 56.4 Å². The van der Waals surface area contributed by atoms with Crippen LogP contribution in [0.4, 0.5) is 0 Å². The van der Waals surface area contributed by atoms with Crippen LogP contribution in [0.5, 0.6) is 0 Å². The minimum atomic E-state index is 0.567. The number of hydrogen-bond donors (Lipinski definition) is 0. The van der Waals surface area contributed by atoms with Gasteiger partial charge in [-0.1, -0.05) is 146 Å². The first-order chi connectivity index (χ1) is 23.3. The van der Waals surface area contributed by atoms with Crippen LogP contribution < -0.4 is 0 Å². The van der Waals surface area contributed by atoms with E-state index in [1.165, 1.54) is 11.1 Å². The van der Waals surface area contributed by atoms with Crippen LogP contribution in [0.25, 0.3) is 89.3 Å². The molecular weight excluding hydrogens is 576 g/mol. The lowest BCUT2D eigenvalue weighted by molar-refractivity contribution is 0.672. The van der Waals surface area contributed by atoms with Gasteiger partial charge in [0.05, 0.1) is 5.39 Å². The summed E-state index contributed by atoms with van der Waals surface area (Å²) in [6.45, 7) is 0. The number of furan rings is 1. The Bertz CT molecular complexity index is 2540. The van der Waals surface area contributed by atoms with Crippen molar-refractivity contribution in [1.82, 2.24) is 19.9 Å². The number of nitrogens with zero attached hydrogens (tertiary/aromatic N) is 4. The van der Waals surface area contributed by atoms with Gasteiger partial charge in [0.25, 0.3) is 0 Å². The van der Waals surface area contributed by atoms with Crippen molar-refractivity contribution in [3.63, 3.8) is 0 Å². The highest BCUT2D eigenvalue weighted by Gasteiger charge is 2.19. The molecule has 0 fully saturated rings. The molecule has 0 amide bonds. The summed E-state index contributed by atoms with van der Waals surface area (Å²) in [5.41, 5.74) is 9.64. The molecule has 5 nitrogen and oxygen atoms in total. The molecule has 3 aromatic heterocycles. The van der Waals surface area contributed by atoms with E-state index in [0.717, 1.165) is 60.7 Å². The normalized spacial score (nSPS) is 11.4. The molecule has 5 heteroatoms. The highest BCUT2D eigenvalue weighted by molar-refractivity contribution is 6.16. The second kappa shape index (κ2) is 11.2. The van der Waals surface area contributed by atoms with Gasteiger partial charge in [-0.3, -0.25) is 4.98 Å². The maximum absolute atomic E-state index is 6.41. The predicted molar refractivity (Wildman–Crippen MR) is 190 cm³/mol. The van der Waals surface area contributed by atoms with Crippen molar-refractivity contribution >= 4 is 32.8 Å². The molecule has 47 heavy (non-hydrogen) atoms. The Balaban J connectivity index is 1.16. The summed E-state index contributed by atoms with van der Waals surface area (Å²) in [5, 5.41) is 2.94. The molecule has 0 N–H and O–H groups in total. The van der Waals surface area contributed by atoms with E-state index in [4.69, 9.17) is 24.4 Å². The molecule has 0 unspecified atom stereocenters. The van der Waals surface area contributed by atoms with E-state index in [2.05, 4.69) is 78.9 Å². The molecule has 0 bridgehead atoms. The van der Waals surface area contributed by atoms with E-state index in [-0.39, 0.29) is 0 Å². The van der Waals surface area contributed by atoms with Gasteiger partial charge in [-0.15, -0.1) is 0 Å². The molecule has 0 aliphatic rings. The van der Waals surface area contributed by atoms with Gasteiger partial charge >= 0.3 is 0 Å². The average molecular weight is 603 g/mol. The Hall–Kier alpha value is -6.46. The molecule has 0 atom stereocenters. The Morgan fingerprint density at radius 1 is 0.404 bits per heavy atom. The molecule has 0 radical (unpaired) electrons. The number of aromatic nitrogens is 4. The first-order valence-electron chi connectivity index (χ1n) is 15.6. The van der Waals surface area contributed by atoms with Gasteiger partial charge in [0.2, 0.25) is 0 Å². The van der Waals surface area contributed by atoms with Gasteiger partial charge in [0.15, 0.2) is 23.1 Å². The zero-order valence-electron chi connectivity index (χ0n) is 25.2. The largest absolute Gasteiger partial charge is 0.454 e. The summed E-state index contributed by atoms with van der Waals surface area (Å²) in [7, 11) is 0. The van der Waals surface area contributed by atoms with Crippen molar-refractivity contribution in [3.05, 3.63) is 158 Å². The van der Waals surface area contributed by atoms with Crippen molar-refractivity contribution < 1.29 is 4.42 Å². The van der Waals surface area contributed by atoms with Crippen molar-refractivity contribution in [2.75, 3.05) is 0 Å². The third-order valence-corrected chi connectivity index (χ3v) is 8.61. The maximum Gasteiger partial charge on any atom is 0.164 e. The fourth-order valence-corrected chi connectivity index (χ4v) is 6.21. The van der Waals surface area contributed by atoms with E-state index < -0.39 is 0 Å². The monoisotopic (exact) mass is 602 g/mol. The fourth-order valence-electron chi connectivity index (χ4n) is 6.21. The van der Waals surface area contributed by atoms with Gasteiger partial charge in [-0.2, -0.15) is 0 Å². The molecule has 220 valence electrons. The van der Waals surface area contributed by atoms with Crippen molar-refractivity contribution in [1.29, 1.82) is 0 Å². The number of hydrogen-bond acceptors (Lipinski definition) is 5. The van der Waals surface area contributed by atoms with Crippen LogP contribution >= 0.6 is 0 Å². The maximum atomic E-state index is 6.41. The lowest BCUT2D eigenvalue weighted by Crippen LogP contribution is -2.00. The van der Waals surface area contributed by atoms with E-state index >= 15 is 0 Å². The second-order valence-electron chi connectivity index (χ2n) is 11.5. The zero-order chi connectivity index (χ0) is 31.2. The molecule has 0 saturated carbocycles. The van der Waals surface area contributed by atoms with Gasteiger partial charge in [0, 0.05) is 33.7 Å². The Morgan fingerprint density at radius 2 is 0.915 bits per heavy atom. The van der Waals surface area contributed by atoms with Crippen LogP contribution in [-0.4, -0.2) is 19.9 Å². The number of fused-ring (bicyclic) bond motifs is 5. The summed E-state index contributed by atoms with van der Waals surface area (Å²) in [5.74, 6) is 1.77. The van der Waals surface area contributed by atoms with E-state index in [1.54, 1.807) is 0 Å². The molecule has 6 aromatic carbocycles. The SMILES string of the molecule is c1ccc(-c2ccc(-c3ccc(-c4nc(-c5ccccc5)nc(-c5cccc6oc7c8ccccc8cnc7c56)n4)cc3)cc2)cc1. The van der Waals surface area contributed by atoms with Gasteiger partial charge in [0.1, 0.15) is 11.1 Å². The van der Waals surface area contributed by atoms with Crippen molar-refractivity contribution in [2.24, 2.45) is 0 Å². The first-order valence-corrected chi connectivity index (χ1v) is 15.6. The predicted octanol–water partition coefficient (Wildman–Crippen LogP) is 10.7. The van der Waals surface area contributed by atoms with Crippen LogP contribution in [0.2, 0.25) is 0 Å². The Kier molecular flexibility index (Phi) is 6.39. The molecule has 0 aliphatic heterocycles. The number of benzene rings is 6. The minimum Gasteiger partial charge on any atom is -0.454 e. The molecule has 0 spiro atoms. The Morgan fingerprint density at radius 3 is 1.57 bits per heavy atom. The number of rotatable bonds is 5. The topological polar surface area (TPSA) is 64.7 Å². The molecule has 9 aromatic rings. The van der Waals surface area contributed by atoms with Gasteiger partial charge in [-0.25, -0.2) is 15.0 Å². The lowest BCUT2D eigenvalue weighted by atomic mass is 9.99. The van der Waals surface area contributed by atoms with Crippen LogP contribution in [0, 0.1) is 0 Å². The summed E-state index contributed by atoms with van der Waals surface area (Å²) in [4.78, 5) is 19.9. The van der Waals surface area contributed by atoms with Crippen LogP contribution in [0.15, 0.2) is 162 Å².